The topological polar surface area (TPSA) is 54.0 Å². The third-order valence-corrected chi connectivity index (χ3v) is 5.02. The number of carbonyl (C=O) groups is 1. The normalized spacial score (nSPS) is 14.2. The van der Waals surface area contributed by atoms with Crippen molar-refractivity contribution in [2.45, 2.75) is 0 Å². The van der Waals surface area contributed by atoms with Crippen molar-refractivity contribution in [2.75, 3.05) is 63.3 Å². The molecule has 7 heteroatoms. The van der Waals surface area contributed by atoms with E-state index >= 15 is 0 Å². The number of morpholine rings is 1. The van der Waals surface area contributed by atoms with Crippen molar-refractivity contribution in [2.24, 2.45) is 0 Å². The standard InChI is InChI=1S/C21H26BrN3O3/c1-24(10-15-28-20-8-2-17(22)3-9-20)16-21(26)23-18-4-6-19(7-5-18)25-11-13-27-14-12-25/h2-9H,10-16H2,1H3,(H,23,26). The molecule has 0 aliphatic carbocycles. The molecule has 0 atom stereocenters. The Labute approximate surface area is 174 Å². The van der Waals surface area contributed by atoms with Crippen molar-refractivity contribution >= 4 is 33.2 Å². The van der Waals surface area contributed by atoms with E-state index in [1.165, 1.54) is 0 Å². The van der Waals surface area contributed by atoms with Crippen molar-refractivity contribution in [1.29, 1.82) is 0 Å². The molecule has 3 rings (SSSR count). The predicted molar refractivity (Wildman–Crippen MR) is 115 cm³/mol. The molecule has 2 aromatic carbocycles. The molecule has 28 heavy (non-hydrogen) atoms. The lowest BCUT2D eigenvalue weighted by molar-refractivity contribution is -0.117. The molecule has 0 aromatic heterocycles. The highest BCUT2D eigenvalue weighted by Crippen LogP contribution is 2.19. The van der Waals surface area contributed by atoms with Gasteiger partial charge in [-0.2, -0.15) is 0 Å². The number of rotatable bonds is 8. The lowest BCUT2D eigenvalue weighted by atomic mass is 10.2. The van der Waals surface area contributed by atoms with E-state index in [4.69, 9.17) is 9.47 Å². The predicted octanol–water partition coefficient (Wildman–Crippen LogP) is 3.24. The van der Waals surface area contributed by atoms with Crippen LogP contribution in [0, 0.1) is 0 Å². The number of amides is 1. The number of likely N-dealkylation sites (N-methyl/N-ethyl adjacent to an activating group) is 1. The molecule has 1 N–H and O–H groups in total. The molecule has 1 amide bonds. The Balaban J connectivity index is 1.38. The van der Waals surface area contributed by atoms with Crippen LogP contribution >= 0.6 is 15.9 Å². The smallest absolute Gasteiger partial charge is 0.238 e. The van der Waals surface area contributed by atoms with Gasteiger partial charge >= 0.3 is 0 Å². The lowest BCUT2D eigenvalue weighted by Crippen LogP contribution is -2.36. The fourth-order valence-corrected chi connectivity index (χ4v) is 3.22. The van der Waals surface area contributed by atoms with Gasteiger partial charge in [0.05, 0.1) is 19.8 Å². The fraction of sp³-hybridized carbons (Fsp3) is 0.381. The summed E-state index contributed by atoms with van der Waals surface area (Å²) in [5.74, 6) is 0.784. The monoisotopic (exact) mass is 447 g/mol. The van der Waals surface area contributed by atoms with E-state index in [0.717, 1.165) is 47.9 Å². The molecule has 0 spiro atoms. The number of halogens is 1. The number of hydrogen-bond donors (Lipinski definition) is 1. The van der Waals surface area contributed by atoms with Crippen LogP contribution in [0.4, 0.5) is 11.4 Å². The van der Waals surface area contributed by atoms with Crippen molar-refractivity contribution in [3.8, 4) is 5.75 Å². The molecule has 0 radical (unpaired) electrons. The fourth-order valence-electron chi connectivity index (χ4n) is 2.95. The van der Waals surface area contributed by atoms with Gasteiger partial charge in [0.15, 0.2) is 0 Å². The molecule has 1 aliphatic rings. The van der Waals surface area contributed by atoms with Crippen LogP contribution in [-0.2, 0) is 9.53 Å². The molecule has 2 aromatic rings. The summed E-state index contributed by atoms with van der Waals surface area (Å²) in [6.07, 6.45) is 0. The molecule has 1 heterocycles. The minimum atomic E-state index is -0.0368. The molecule has 0 bridgehead atoms. The first-order valence-electron chi connectivity index (χ1n) is 9.40. The summed E-state index contributed by atoms with van der Waals surface area (Å²) < 4.78 is 12.1. The number of nitrogens with zero attached hydrogens (tertiary/aromatic N) is 2. The van der Waals surface area contributed by atoms with E-state index in [1.54, 1.807) is 0 Å². The average molecular weight is 448 g/mol. The maximum Gasteiger partial charge on any atom is 0.238 e. The Morgan fingerprint density at radius 1 is 1.14 bits per heavy atom. The van der Waals surface area contributed by atoms with Crippen LogP contribution in [0.2, 0.25) is 0 Å². The van der Waals surface area contributed by atoms with Crippen molar-refractivity contribution in [3.63, 3.8) is 0 Å². The van der Waals surface area contributed by atoms with Crippen LogP contribution in [0.3, 0.4) is 0 Å². The summed E-state index contributed by atoms with van der Waals surface area (Å²) >= 11 is 3.40. The first-order chi connectivity index (χ1) is 13.6. The van der Waals surface area contributed by atoms with Gasteiger partial charge in [-0.1, -0.05) is 15.9 Å². The summed E-state index contributed by atoms with van der Waals surface area (Å²) in [7, 11) is 1.91. The van der Waals surface area contributed by atoms with Crippen LogP contribution < -0.4 is 15.0 Å². The Hall–Kier alpha value is -2.09. The van der Waals surface area contributed by atoms with E-state index < -0.39 is 0 Å². The maximum atomic E-state index is 12.3. The summed E-state index contributed by atoms with van der Waals surface area (Å²) in [5.41, 5.74) is 1.96. The summed E-state index contributed by atoms with van der Waals surface area (Å²) in [4.78, 5) is 16.5. The second-order valence-electron chi connectivity index (χ2n) is 6.73. The zero-order chi connectivity index (χ0) is 19.8. The third-order valence-electron chi connectivity index (χ3n) is 4.50. The van der Waals surface area contributed by atoms with Crippen LogP contribution in [-0.4, -0.2) is 63.9 Å². The molecule has 0 saturated carbocycles. The maximum absolute atomic E-state index is 12.3. The molecular formula is C21H26BrN3O3. The van der Waals surface area contributed by atoms with E-state index in [0.29, 0.717) is 19.7 Å². The highest BCUT2D eigenvalue weighted by molar-refractivity contribution is 9.10. The Morgan fingerprint density at radius 2 is 1.82 bits per heavy atom. The van der Waals surface area contributed by atoms with Gasteiger partial charge in [-0.25, -0.2) is 0 Å². The number of benzene rings is 2. The van der Waals surface area contributed by atoms with Gasteiger partial charge < -0.3 is 19.7 Å². The number of hydrogen-bond acceptors (Lipinski definition) is 5. The Morgan fingerprint density at radius 3 is 2.50 bits per heavy atom. The number of anilines is 2. The second-order valence-corrected chi connectivity index (χ2v) is 7.65. The van der Waals surface area contributed by atoms with Gasteiger partial charge in [-0.15, -0.1) is 0 Å². The van der Waals surface area contributed by atoms with Crippen LogP contribution in [0.5, 0.6) is 5.75 Å². The Bertz CT molecular complexity index is 746. The quantitative estimate of drug-likeness (QED) is 0.672. The highest BCUT2D eigenvalue weighted by atomic mass is 79.9. The molecular weight excluding hydrogens is 422 g/mol. The van der Waals surface area contributed by atoms with E-state index in [2.05, 4.69) is 26.1 Å². The van der Waals surface area contributed by atoms with Gasteiger partial charge in [-0.05, 0) is 55.6 Å². The SMILES string of the molecule is CN(CCOc1ccc(Br)cc1)CC(=O)Nc1ccc(N2CCOCC2)cc1. The zero-order valence-corrected chi connectivity index (χ0v) is 17.7. The van der Waals surface area contributed by atoms with Crippen LogP contribution in [0.1, 0.15) is 0 Å². The van der Waals surface area contributed by atoms with Crippen molar-refractivity contribution in [3.05, 3.63) is 53.0 Å². The molecule has 1 aliphatic heterocycles. The van der Waals surface area contributed by atoms with E-state index in [1.807, 2.05) is 60.5 Å². The number of nitrogens with one attached hydrogen (secondary N) is 1. The number of carbonyl (C=O) groups excluding carboxylic acids is 1. The average Bonchev–Trinajstić information content (AvgIpc) is 2.70. The van der Waals surface area contributed by atoms with Gasteiger partial charge in [0.1, 0.15) is 12.4 Å². The minimum absolute atomic E-state index is 0.0368. The van der Waals surface area contributed by atoms with E-state index in [9.17, 15) is 4.79 Å². The van der Waals surface area contributed by atoms with Gasteiger partial charge in [0, 0.05) is 35.5 Å². The summed E-state index contributed by atoms with van der Waals surface area (Å²) in [6, 6.07) is 15.7. The molecule has 150 valence electrons. The van der Waals surface area contributed by atoms with Gasteiger partial charge in [-0.3, -0.25) is 9.69 Å². The lowest BCUT2D eigenvalue weighted by Gasteiger charge is -2.28. The van der Waals surface area contributed by atoms with Crippen LogP contribution in [0.15, 0.2) is 53.0 Å². The number of ether oxygens (including phenoxy) is 2. The highest BCUT2D eigenvalue weighted by Gasteiger charge is 2.12. The third kappa shape index (κ3) is 6.51. The summed E-state index contributed by atoms with van der Waals surface area (Å²) in [6.45, 7) is 4.83. The zero-order valence-electron chi connectivity index (χ0n) is 16.1. The first-order valence-corrected chi connectivity index (χ1v) is 10.2. The minimum Gasteiger partial charge on any atom is -0.492 e. The van der Waals surface area contributed by atoms with Crippen molar-refractivity contribution in [1.82, 2.24) is 4.90 Å². The molecule has 1 saturated heterocycles. The summed E-state index contributed by atoms with van der Waals surface area (Å²) in [5, 5.41) is 2.95. The molecule has 0 unspecified atom stereocenters. The molecule has 1 fully saturated rings. The van der Waals surface area contributed by atoms with Crippen molar-refractivity contribution < 1.29 is 14.3 Å². The van der Waals surface area contributed by atoms with Gasteiger partial charge in [0.25, 0.3) is 0 Å². The first kappa shape index (κ1) is 20.6. The largest absolute Gasteiger partial charge is 0.492 e. The molecule has 6 nitrogen and oxygen atoms in total. The van der Waals surface area contributed by atoms with Gasteiger partial charge in [0.2, 0.25) is 5.91 Å². The van der Waals surface area contributed by atoms with Crippen LogP contribution in [0.25, 0.3) is 0 Å². The second kappa shape index (κ2) is 10.5. The Kier molecular flexibility index (Phi) is 7.71. The van der Waals surface area contributed by atoms with E-state index in [-0.39, 0.29) is 5.91 Å².